The summed E-state index contributed by atoms with van der Waals surface area (Å²) in [6.45, 7) is 1.46. The first kappa shape index (κ1) is 9.92. The van der Waals surface area contributed by atoms with Gasteiger partial charge in [0.2, 0.25) is 5.91 Å². The molecule has 0 aliphatic carbocycles. The molecule has 0 radical (unpaired) electrons. The standard InChI is InChI=1S/C9H8BrNO2/c1-5(12)6-2-3-7(9(11)13)8(10)4-6/h2-4H,1H3,(H2,11,13). The summed E-state index contributed by atoms with van der Waals surface area (Å²) < 4.78 is 0.549. The van der Waals surface area contributed by atoms with E-state index in [4.69, 9.17) is 5.73 Å². The van der Waals surface area contributed by atoms with Crippen molar-refractivity contribution in [3.05, 3.63) is 33.8 Å². The highest BCUT2D eigenvalue weighted by Crippen LogP contribution is 2.18. The minimum Gasteiger partial charge on any atom is -0.366 e. The van der Waals surface area contributed by atoms with Crippen molar-refractivity contribution in [1.82, 2.24) is 0 Å². The van der Waals surface area contributed by atoms with E-state index in [0.29, 0.717) is 15.6 Å². The third kappa shape index (κ3) is 2.15. The van der Waals surface area contributed by atoms with E-state index in [1.54, 1.807) is 12.1 Å². The smallest absolute Gasteiger partial charge is 0.249 e. The van der Waals surface area contributed by atoms with Gasteiger partial charge in [-0.15, -0.1) is 0 Å². The van der Waals surface area contributed by atoms with Crippen molar-refractivity contribution in [3.8, 4) is 0 Å². The van der Waals surface area contributed by atoms with Gasteiger partial charge in [-0.3, -0.25) is 9.59 Å². The molecule has 0 heterocycles. The zero-order valence-electron chi connectivity index (χ0n) is 7.00. The lowest BCUT2D eigenvalue weighted by Crippen LogP contribution is -2.12. The molecule has 0 aromatic heterocycles. The highest BCUT2D eigenvalue weighted by molar-refractivity contribution is 9.10. The Morgan fingerprint density at radius 2 is 2.00 bits per heavy atom. The Bertz CT molecular complexity index is 374. The minimum absolute atomic E-state index is 0.0447. The van der Waals surface area contributed by atoms with E-state index in [-0.39, 0.29) is 5.78 Å². The summed E-state index contributed by atoms with van der Waals surface area (Å²) in [5.41, 5.74) is 6.02. The number of ketones is 1. The number of rotatable bonds is 2. The first-order chi connectivity index (χ1) is 6.02. The summed E-state index contributed by atoms with van der Waals surface area (Å²) >= 11 is 3.16. The van der Waals surface area contributed by atoms with Gasteiger partial charge in [-0.25, -0.2) is 0 Å². The Labute approximate surface area is 84.1 Å². The number of hydrogen-bond acceptors (Lipinski definition) is 2. The maximum absolute atomic E-state index is 10.9. The molecular formula is C9H8BrNO2. The highest BCUT2D eigenvalue weighted by atomic mass is 79.9. The predicted octanol–water partition coefficient (Wildman–Crippen LogP) is 1.75. The average Bonchev–Trinajstić information content (AvgIpc) is 2.03. The number of benzene rings is 1. The summed E-state index contributed by atoms with van der Waals surface area (Å²) in [5.74, 6) is -0.557. The van der Waals surface area contributed by atoms with Gasteiger partial charge in [0.25, 0.3) is 0 Å². The fraction of sp³-hybridized carbons (Fsp3) is 0.111. The molecule has 0 saturated carbocycles. The predicted molar refractivity (Wildman–Crippen MR) is 52.7 cm³/mol. The van der Waals surface area contributed by atoms with Crippen molar-refractivity contribution in [2.45, 2.75) is 6.92 Å². The van der Waals surface area contributed by atoms with Crippen LogP contribution in [-0.2, 0) is 0 Å². The van der Waals surface area contributed by atoms with Gasteiger partial charge >= 0.3 is 0 Å². The topological polar surface area (TPSA) is 60.2 Å². The van der Waals surface area contributed by atoms with Crippen molar-refractivity contribution < 1.29 is 9.59 Å². The molecule has 0 unspecified atom stereocenters. The molecule has 2 N–H and O–H groups in total. The van der Waals surface area contributed by atoms with Crippen LogP contribution in [-0.4, -0.2) is 11.7 Å². The lowest BCUT2D eigenvalue weighted by molar-refractivity contribution is 0.0992. The SMILES string of the molecule is CC(=O)c1ccc(C(N)=O)c(Br)c1. The molecule has 1 amide bonds. The molecule has 0 fully saturated rings. The number of carbonyl (C=O) groups is 2. The summed E-state index contributed by atoms with van der Waals surface area (Å²) in [4.78, 5) is 21.8. The molecule has 0 saturated heterocycles. The van der Waals surface area contributed by atoms with Crippen LogP contribution in [0.4, 0.5) is 0 Å². The summed E-state index contributed by atoms with van der Waals surface area (Å²) in [6, 6.07) is 4.69. The monoisotopic (exact) mass is 241 g/mol. The van der Waals surface area contributed by atoms with Crippen LogP contribution < -0.4 is 5.73 Å². The number of hydrogen-bond donors (Lipinski definition) is 1. The van der Waals surface area contributed by atoms with Crippen molar-refractivity contribution in [2.24, 2.45) is 5.73 Å². The second kappa shape index (κ2) is 3.70. The molecule has 3 nitrogen and oxygen atoms in total. The fourth-order valence-electron chi connectivity index (χ4n) is 0.934. The zero-order valence-corrected chi connectivity index (χ0v) is 8.59. The first-order valence-electron chi connectivity index (χ1n) is 3.62. The third-order valence-electron chi connectivity index (χ3n) is 1.64. The van der Waals surface area contributed by atoms with Crippen LogP contribution in [0.1, 0.15) is 27.6 Å². The minimum atomic E-state index is -0.512. The quantitative estimate of drug-likeness (QED) is 0.803. The second-order valence-electron chi connectivity index (χ2n) is 2.62. The molecule has 13 heavy (non-hydrogen) atoms. The van der Waals surface area contributed by atoms with Gasteiger partial charge < -0.3 is 5.73 Å². The van der Waals surface area contributed by atoms with Crippen LogP contribution in [0.25, 0.3) is 0 Å². The first-order valence-corrected chi connectivity index (χ1v) is 4.42. The van der Waals surface area contributed by atoms with Crippen LogP contribution in [0.5, 0.6) is 0 Å². The Morgan fingerprint density at radius 1 is 1.38 bits per heavy atom. The average molecular weight is 242 g/mol. The molecule has 1 aromatic rings. The highest BCUT2D eigenvalue weighted by Gasteiger charge is 2.07. The molecule has 0 aliphatic heterocycles. The number of primary amides is 1. The van der Waals surface area contributed by atoms with E-state index in [1.165, 1.54) is 13.0 Å². The van der Waals surface area contributed by atoms with Gasteiger partial charge in [-0.1, -0.05) is 6.07 Å². The van der Waals surface area contributed by atoms with E-state index in [1.807, 2.05) is 0 Å². The van der Waals surface area contributed by atoms with Crippen LogP contribution in [0.15, 0.2) is 22.7 Å². The van der Waals surface area contributed by atoms with Gasteiger partial charge in [0, 0.05) is 10.0 Å². The van der Waals surface area contributed by atoms with Gasteiger partial charge in [0.1, 0.15) is 0 Å². The van der Waals surface area contributed by atoms with Crippen LogP contribution in [0, 0.1) is 0 Å². The van der Waals surface area contributed by atoms with Crippen molar-refractivity contribution >= 4 is 27.6 Å². The normalized spacial score (nSPS) is 9.69. The summed E-state index contributed by atoms with van der Waals surface area (Å²) in [7, 11) is 0. The molecule has 0 spiro atoms. The number of carbonyl (C=O) groups excluding carboxylic acids is 2. The molecule has 0 aliphatic rings. The molecule has 1 aromatic carbocycles. The number of halogens is 1. The van der Waals surface area contributed by atoms with E-state index in [0.717, 1.165) is 0 Å². The van der Waals surface area contributed by atoms with Crippen LogP contribution >= 0.6 is 15.9 Å². The van der Waals surface area contributed by atoms with E-state index >= 15 is 0 Å². The second-order valence-corrected chi connectivity index (χ2v) is 3.47. The Kier molecular flexibility index (Phi) is 2.83. The maximum Gasteiger partial charge on any atom is 0.249 e. The molecule has 4 heteroatoms. The Hall–Kier alpha value is -1.16. The Morgan fingerprint density at radius 3 is 2.38 bits per heavy atom. The van der Waals surface area contributed by atoms with Crippen LogP contribution in [0.3, 0.4) is 0 Å². The molecule has 1 rings (SSSR count). The van der Waals surface area contributed by atoms with E-state index < -0.39 is 5.91 Å². The van der Waals surface area contributed by atoms with Crippen LogP contribution in [0.2, 0.25) is 0 Å². The Balaban J connectivity index is 3.20. The lowest BCUT2D eigenvalue weighted by atomic mass is 10.1. The molecule has 0 atom stereocenters. The largest absolute Gasteiger partial charge is 0.366 e. The number of nitrogens with two attached hydrogens (primary N) is 1. The zero-order chi connectivity index (χ0) is 10.0. The fourth-order valence-corrected chi connectivity index (χ4v) is 1.51. The van der Waals surface area contributed by atoms with Gasteiger partial charge in [0.05, 0.1) is 5.56 Å². The van der Waals surface area contributed by atoms with Crippen molar-refractivity contribution in [3.63, 3.8) is 0 Å². The lowest BCUT2D eigenvalue weighted by Gasteiger charge is -2.01. The van der Waals surface area contributed by atoms with Gasteiger partial charge in [0.15, 0.2) is 5.78 Å². The number of Topliss-reactive ketones (excluding diaryl/α,β-unsaturated/α-hetero) is 1. The third-order valence-corrected chi connectivity index (χ3v) is 2.30. The maximum atomic E-state index is 10.9. The molecule has 68 valence electrons. The molecule has 0 bridgehead atoms. The van der Waals surface area contributed by atoms with Gasteiger partial charge in [-0.05, 0) is 35.0 Å². The van der Waals surface area contributed by atoms with E-state index in [2.05, 4.69) is 15.9 Å². The number of amides is 1. The molecular weight excluding hydrogens is 234 g/mol. The summed E-state index contributed by atoms with van der Waals surface area (Å²) in [5, 5.41) is 0. The van der Waals surface area contributed by atoms with Gasteiger partial charge in [-0.2, -0.15) is 0 Å². The van der Waals surface area contributed by atoms with E-state index in [9.17, 15) is 9.59 Å². The summed E-state index contributed by atoms with van der Waals surface area (Å²) in [6.07, 6.45) is 0. The van der Waals surface area contributed by atoms with Crippen molar-refractivity contribution in [2.75, 3.05) is 0 Å². The van der Waals surface area contributed by atoms with Crippen molar-refractivity contribution in [1.29, 1.82) is 0 Å².